The molecule has 5 atom stereocenters. The molecule has 0 saturated carbocycles. The van der Waals surface area contributed by atoms with Crippen LogP contribution in [0.25, 0.3) is 0 Å². The zero-order chi connectivity index (χ0) is 70.7. The number of hydrogen-bond donors (Lipinski definition) is 3. The Morgan fingerprint density at radius 1 is 0.281 bits per heavy atom. The van der Waals surface area contributed by atoms with Gasteiger partial charge in [0.15, 0.2) is 12.2 Å². The normalized spacial score (nSPS) is 14.0. The highest BCUT2D eigenvalue weighted by molar-refractivity contribution is 7.47. The Bertz CT molecular complexity index is 1860. The van der Waals surface area contributed by atoms with E-state index in [4.69, 9.17) is 37.0 Å². The van der Waals surface area contributed by atoms with Crippen LogP contribution in [-0.2, 0) is 65.4 Å². The first-order valence-corrected chi connectivity index (χ1v) is 43.0. The number of aliphatic hydroxyl groups is 1. The third-order valence-electron chi connectivity index (χ3n) is 18.0. The number of carbonyl (C=O) groups excluding carboxylic acids is 4. The van der Waals surface area contributed by atoms with Crippen molar-refractivity contribution in [3.8, 4) is 0 Å². The summed E-state index contributed by atoms with van der Waals surface area (Å²) in [5.74, 6) is -0.488. The van der Waals surface area contributed by atoms with Crippen LogP contribution in [0.15, 0.2) is 0 Å². The van der Waals surface area contributed by atoms with Crippen LogP contribution in [0.2, 0.25) is 0 Å². The average Bonchev–Trinajstić information content (AvgIpc) is 1.55. The van der Waals surface area contributed by atoms with Gasteiger partial charge >= 0.3 is 39.5 Å². The molecule has 0 aliphatic heterocycles. The molecule has 3 N–H and O–H groups in total. The molecule has 0 aliphatic carbocycles. The van der Waals surface area contributed by atoms with Gasteiger partial charge in [-0.15, -0.1) is 0 Å². The lowest BCUT2D eigenvalue weighted by Gasteiger charge is -2.21. The van der Waals surface area contributed by atoms with E-state index in [9.17, 15) is 43.2 Å². The van der Waals surface area contributed by atoms with Crippen molar-refractivity contribution in [2.75, 3.05) is 39.6 Å². The maximum atomic E-state index is 13.1. The zero-order valence-corrected chi connectivity index (χ0v) is 64.5. The molecule has 0 aliphatic rings. The molecule has 0 heterocycles. The Morgan fingerprint density at radius 2 is 0.479 bits per heavy atom. The Morgan fingerprint density at radius 3 is 0.708 bits per heavy atom. The average molecular weight is 1410 g/mol. The van der Waals surface area contributed by atoms with Crippen molar-refractivity contribution in [3.05, 3.63) is 0 Å². The van der Waals surface area contributed by atoms with Crippen molar-refractivity contribution < 1.29 is 80.2 Å². The van der Waals surface area contributed by atoms with Gasteiger partial charge in [0.2, 0.25) is 0 Å². The molecular weight excluding hydrogens is 1260 g/mol. The Labute approximate surface area is 588 Å². The lowest BCUT2D eigenvalue weighted by molar-refractivity contribution is -0.161. The van der Waals surface area contributed by atoms with Crippen molar-refractivity contribution in [1.82, 2.24) is 0 Å². The molecular formula is C77H150O17P2. The van der Waals surface area contributed by atoms with Crippen molar-refractivity contribution in [1.29, 1.82) is 0 Å². The molecule has 96 heavy (non-hydrogen) atoms. The first-order valence-electron chi connectivity index (χ1n) is 40.0. The molecule has 2 unspecified atom stereocenters. The highest BCUT2D eigenvalue weighted by Gasteiger charge is 2.30. The molecule has 0 fully saturated rings. The van der Waals surface area contributed by atoms with E-state index in [0.717, 1.165) is 115 Å². The van der Waals surface area contributed by atoms with E-state index >= 15 is 0 Å². The fourth-order valence-electron chi connectivity index (χ4n) is 11.8. The van der Waals surface area contributed by atoms with Gasteiger partial charge in [-0.25, -0.2) is 9.13 Å². The molecule has 0 rings (SSSR count). The molecule has 19 heteroatoms. The predicted octanol–water partition coefficient (Wildman–Crippen LogP) is 22.7. The van der Waals surface area contributed by atoms with Crippen LogP contribution in [0, 0.1) is 11.8 Å². The molecule has 0 bridgehead atoms. The smallest absolute Gasteiger partial charge is 0.462 e. The van der Waals surface area contributed by atoms with Gasteiger partial charge in [-0.2, -0.15) is 0 Å². The monoisotopic (exact) mass is 1410 g/mol. The van der Waals surface area contributed by atoms with Gasteiger partial charge in [0, 0.05) is 25.7 Å². The summed E-state index contributed by atoms with van der Waals surface area (Å²) in [6.07, 6.45) is 57.2. The molecule has 0 radical (unpaired) electrons. The van der Waals surface area contributed by atoms with E-state index < -0.39 is 97.5 Å². The number of esters is 4. The molecule has 570 valence electrons. The molecule has 0 spiro atoms. The first-order chi connectivity index (χ1) is 46.4. The van der Waals surface area contributed by atoms with E-state index in [0.29, 0.717) is 25.7 Å². The van der Waals surface area contributed by atoms with E-state index in [1.807, 2.05) is 0 Å². The number of carbonyl (C=O) groups is 4. The summed E-state index contributed by atoms with van der Waals surface area (Å²) in [5.41, 5.74) is 0. The molecule has 0 aromatic carbocycles. The van der Waals surface area contributed by atoms with Crippen LogP contribution in [0.1, 0.15) is 401 Å². The molecule has 0 aromatic heterocycles. The van der Waals surface area contributed by atoms with Gasteiger partial charge in [0.25, 0.3) is 0 Å². The van der Waals surface area contributed by atoms with Crippen molar-refractivity contribution in [2.24, 2.45) is 11.8 Å². The van der Waals surface area contributed by atoms with Gasteiger partial charge in [-0.3, -0.25) is 37.3 Å². The summed E-state index contributed by atoms with van der Waals surface area (Å²) in [6, 6.07) is 0. The van der Waals surface area contributed by atoms with Crippen LogP contribution in [0.4, 0.5) is 0 Å². The minimum absolute atomic E-state index is 0.106. The van der Waals surface area contributed by atoms with Gasteiger partial charge < -0.3 is 33.8 Å². The molecule has 0 amide bonds. The van der Waals surface area contributed by atoms with Crippen LogP contribution in [0.3, 0.4) is 0 Å². The summed E-state index contributed by atoms with van der Waals surface area (Å²) in [7, 11) is -9.90. The van der Waals surface area contributed by atoms with E-state index in [2.05, 4.69) is 41.5 Å². The third-order valence-corrected chi connectivity index (χ3v) is 19.9. The molecule has 17 nitrogen and oxygen atoms in total. The fraction of sp³-hybridized carbons (Fsp3) is 0.948. The second-order valence-electron chi connectivity index (χ2n) is 28.7. The number of ether oxygens (including phenoxy) is 4. The van der Waals surface area contributed by atoms with Crippen LogP contribution in [-0.4, -0.2) is 96.7 Å². The van der Waals surface area contributed by atoms with Gasteiger partial charge in [0.05, 0.1) is 26.4 Å². The highest BCUT2D eigenvalue weighted by atomic mass is 31.2. The van der Waals surface area contributed by atoms with Crippen molar-refractivity contribution in [3.63, 3.8) is 0 Å². The van der Waals surface area contributed by atoms with Gasteiger partial charge in [0.1, 0.15) is 19.3 Å². The number of phosphoric ester groups is 2. The summed E-state index contributed by atoms with van der Waals surface area (Å²) in [6.45, 7) is 9.61. The van der Waals surface area contributed by atoms with Crippen LogP contribution < -0.4 is 0 Å². The summed E-state index contributed by atoms with van der Waals surface area (Å²) in [4.78, 5) is 72.6. The number of phosphoric acid groups is 2. The maximum Gasteiger partial charge on any atom is 0.472 e. The number of aliphatic hydroxyl groups excluding tert-OH is 1. The second-order valence-corrected chi connectivity index (χ2v) is 31.6. The van der Waals surface area contributed by atoms with Crippen LogP contribution in [0.5, 0.6) is 0 Å². The number of unbranched alkanes of at least 4 members (excludes halogenated alkanes) is 46. The van der Waals surface area contributed by atoms with Crippen molar-refractivity contribution >= 4 is 39.5 Å². The standard InChI is InChI=1S/C77H150O17P2/c1-7-9-11-13-15-34-43-49-55-61-76(81)93-72(65-87-74(79)59-53-47-39-14-12-10-8-2)67-91-95(83,84)89-63-71(78)64-90-96(85,86)92-68-73(66-88-75(80)60-54-48-42-37-32-28-24-21-20-23-27-31-36-41-46-52-58-70(5)6)94-77(82)62-56-50-44-38-33-29-25-19-17-16-18-22-26-30-35-40-45-51-57-69(3)4/h69-73,78H,7-68H2,1-6H3,(H,83,84)(H,85,86)/t71-,72+,73+/m0/s1. The van der Waals surface area contributed by atoms with Gasteiger partial charge in [-0.05, 0) is 37.5 Å². The topological polar surface area (TPSA) is 237 Å². The summed E-state index contributed by atoms with van der Waals surface area (Å²) in [5, 5.41) is 10.6. The van der Waals surface area contributed by atoms with Crippen LogP contribution >= 0.6 is 15.6 Å². The first kappa shape index (κ1) is 94.1. The molecule has 0 aromatic rings. The summed E-state index contributed by atoms with van der Waals surface area (Å²) >= 11 is 0. The minimum Gasteiger partial charge on any atom is -0.462 e. The Balaban J connectivity index is 5.13. The zero-order valence-electron chi connectivity index (χ0n) is 62.7. The summed E-state index contributed by atoms with van der Waals surface area (Å²) < 4.78 is 68.3. The quantitative estimate of drug-likeness (QED) is 0.0222. The number of hydrogen-bond acceptors (Lipinski definition) is 15. The number of rotatable bonds is 76. The lowest BCUT2D eigenvalue weighted by atomic mass is 10.0. The van der Waals surface area contributed by atoms with Gasteiger partial charge in [-0.1, -0.05) is 350 Å². The Hall–Kier alpha value is -1.94. The maximum absolute atomic E-state index is 13.1. The molecule has 0 saturated heterocycles. The lowest BCUT2D eigenvalue weighted by Crippen LogP contribution is -2.30. The third kappa shape index (κ3) is 70.5. The Kier molecular flexibility index (Phi) is 67.4. The largest absolute Gasteiger partial charge is 0.472 e. The van der Waals surface area contributed by atoms with Crippen molar-refractivity contribution in [2.45, 2.75) is 419 Å². The predicted molar refractivity (Wildman–Crippen MR) is 391 cm³/mol. The SMILES string of the molecule is CCCCCCCCCCCC(=O)O[C@H](COC(=O)CCCCCCCCC)COP(=O)(O)OC[C@H](O)COP(=O)(O)OC[C@@H](COC(=O)CCCCCCCCCCCCCCCCCCC(C)C)OC(=O)CCCCCCCCCCCCCCCCCCCCC(C)C. The van der Waals surface area contributed by atoms with E-state index in [-0.39, 0.29) is 25.7 Å². The van der Waals surface area contributed by atoms with E-state index in [1.165, 1.54) is 205 Å². The fourth-order valence-corrected chi connectivity index (χ4v) is 13.4. The highest BCUT2D eigenvalue weighted by Crippen LogP contribution is 2.45. The second kappa shape index (κ2) is 68.8. The van der Waals surface area contributed by atoms with E-state index in [1.54, 1.807) is 0 Å². The minimum atomic E-state index is -4.96.